The van der Waals surface area contributed by atoms with E-state index in [1.54, 1.807) is 6.92 Å². The molecular weight excluding hydrogens is 363 g/mol. The molecule has 0 bridgehead atoms. The van der Waals surface area contributed by atoms with Gasteiger partial charge in [-0.25, -0.2) is 17.5 Å². The third kappa shape index (κ3) is 5.21. The van der Waals surface area contributed by atoms with Gasteiger partial charge in [-0.2, -0.15) is 0 Å². The Hall–Kier alpha value is -0.700. The molecule has 0 aliphatic rings. The molecule has 0 fully saturated rings. The lowest BCUT2D eigenvalue weighted by Gasteiger charge is -2.25. The summed E-state index contributed by atoms with van der Waals surface area (Å²) in [6, 6.07) is 2.04. The predicted octanol–water partition coefficient (Wildman–Crippen LogP) is 2.25. The SMILES string of the molecule is CC(C)CC(C)(O)CNS(=O)(=O)c1cc(N)c(F)cc1Br. The van der Waals surface area contributed by atoms with Crippen molar-refractivity contribution in [3.63, 3.8) is 0 Å². The maximum Gasteiger partial charge on any atom is 0.241 e. The second-order valence-electron chi connectivity index (χ2n) is 5.72. The Kier molecular flexibility index (Phi) is 5.76. The van der Waals surface area contributed by atoms with Crippen LogP contribution in [0.25, 0.3) is 0 Å². The average Bonchev–Trinajstić information content (AvgIpc) is 2.30. The summed E-state index contributed by atoms with van der Waals surface area (Å²) in [5.41, 5.74) is 3.97. The Morgan fingerprint density at radius 2 is 2.05 bits per heavy atom. The van der Waals surface area contributed by atoms with Crippen molar-refractivity contribution < 1.29 is 17.9 Å². The Bertz CT molecular complexity index is 618. The zero-order valence-corrected chi connectivity index (χ0v) is 14.6. The first kappa shape index (κ1) is 18.3. The van der Waals surface area contributed by atoms with E-state index in [-0.39, 0.29) is 27.5 Å². The van der Waals surface area contributed by atoms with Gasteiger partial charge in [0.25, 0.3) is 0 Å². The van der Waals surface area contributed by atoms with Gasteiger partial charge in [-0.3, -0.25) is 0 Å². The minimum atomic E-state index is -3.90. The van der Waals surface area contributed by atoms with E-state index in [1.165, 1.54) is 0 Å². The van der Waals surface area contributed by atoms with Gasteiger partial charge in [0.2, 0.25) is 10.0 Å². The smallest absolute Gasteiger partial charge is 0.241 e. The van der Waals surface area contributed by atoms with Crippen LogP contribution in [0.2, 0.25) is 0 Å². The van der Waals surface area contributed by atoms with E-state index in [0.717, 1.165) is 12.1 Å². The number of aliphatic hydroxyl groups is 1. The largest absolute Gasteiger partial charge is 0.396 e. The standard InChI is InChI=1S/C13H20BrFN2O3S/c1-8(2)6-13(3,18)7-17-21(19,20)12-5-11(16)10(15)4-9(12)14/h4-5,8,17-18H,6-7,16H2,1-3H3. The molecule has 0 aromatic heterocycles. The van der Waals surface area contributed by atoms with E-state index in [2.05, 4.69) is 20.7 Å². The van der Waals surface area contributed by atoms with Crippen LogP contribution >= 0.6 is 15.9 Å². The van der Waals surface area contributed by atoms with E-state index in [1.807, 2.05) is 13.8 Å². The van der Waals surface area contributed by atoms with Gasteiger partial charge in [-0.05, 0) is 47.3 Å². The second kappa shape index (κ2) is 6.60. The molecule has 0 radical (unpaired) electrons. The number of nitrogens with one attached hydrogen (secondary N) is 1. The normalized spacial score (nSPS) is 15.2. The molecule has 5 nitrogen and oxygen atoms in total. The molecule has 1 aromatic rings. The highest BCUT2D eigenvalue weighted by Gasteiger charge is 2.26. The summed E-state index contributed by atoms with van der Waals surface area (Å²) in [5.74, 6) is -0.481. The number of nitrogens with two attached hydrogens (primary N) is 1. The monoisotopic (exact) mass is 382 g/mol. The molecular formula is C13H20BrFN2O3S. The van der Waals surface area contributed by atoms with Crippen LogP contribution in [0.4, 0.5) is 10.1 Å². The summed E-state index contributed by atoms with van der Waals surface area (Å²) in [7, 11) is -3.90. The molecule has 0 saturated carbocycles. The fourth-order valence-electron chi connectivity index (χ4n) is 2.03. The van der Waals surface area contributed by atoms with Crippen molar-refractivity contribution in [2.45, 2.75) is 37.7 Å². The first-order valence-corrected chi connectivity index (χ1v) is 8.69. The Balaban J connectivity index is 2.95. The lowest BCUT2D eigenvalue weighted by atomic mass is 9.95. The molecule has 0 aliphatic heterocycles. The number of rotatable bonds is 6. The Morgan fingerprint density at radius 3 is 2.57 bits per heavy atom. The third-order valence-corrected chi connectivity index (χ3v) is 5.19. The highest BCUT2D eigenvalue weighted by atomic mass is 79.9. The second-order valence-corrected chi connectivity index (χ2v) is 8.31. The molecule has 0 amide bonds. The van der Waals surface area contributed by atoms with Gasteiger partial charge in [0.15, 0.2) is 0 Å². The van der Waals surface area contributed by atoms with Crippen molar-refractivity contribution in [3.8, 4) is 0 Å². The molecule has 1 unspecified atom stereocenters. The van der Waals surface area contributed by atoms with Crippen molar-refractivity contribution in [3.05, 3.63) is 22.4 Å². The van der Waals surface area contributed by atoms with E-state index in [9.17, 15) is 17.9 Å². The predicted molar refractivity (Wildman–Crippen MR) is 83.8 cm³/mol. The molecule has 21 heavy (non-hydrogen) atoms. The Labute approximate surface area is 132 Å². The van der Waals surface area contributed by atoms with E-state index < -0.39 is 21.4 Å². The number of halogens is 2. The third-order valence-electron chi connectivity index (χ3n) is 2.83. The van der Waals surface area contributed by atoms with Crippen LogP contribution in [0.1, 0.15) is 27.2 Å². The van der Waals surface area contributed by atoms with Crippen molar-refractivity contribution >= 4 is 31.6 Å². The number of hydrogen-bond acceptors (Lipinski definition) is 4. The summed E-state index contributed by atoms with van der Waals surface area (Å²) in [6.45, 7) is 5.28. The van der Waals surface area contributed by atoms with E-state index in [4.69, 9.17) is 5.73 Å². The van der Waals surface area contributed by atoms with Gasteiger partial charge in [0, 0.05) is 11.0 Å². The molecule has 1 aromatic carbocycles. The van der Waals surface area contributed by atoms with Gasteiger partial charge >= 0.3 is 0 Å². The first-order valence-electron chi connectivity index (χ1n) is 6.41. The van der Waals surface area contributed by atoms with Gasteiger partial charge < -0.3 is 10.8 Å². The lowest BCUT2D eigenvalue weighted by Crippen LogP contribution is -2.41. The lowest BCUT2D eigenvalue weighted by molar-refractivity contribution is 0.0436. The van der Waals surface area contributed by atoms with Crippen LogP contribution in [0, 0.1) is 11.7 Å². The van der Waals surface area contributed by atoms with Gasteiger partial charge in [0.1, 0.15) is 5.82 Å². The molecule has 0 heterocycles. The number of nitrogen functional groups attached to an aromatic ring is 1. The zero-order valence-electron chi connectivity index (χ0n) is 12.2. The molecule has 0 aliphatic carbocycles. The zero-order chi connectivity index (χ0) is 16.4. The fraction of sp³-hybridized carbons (Fsp3) is 0.538. The van der Waals surface area contributed by atoms with Crippen LogP contribution < -0.4 is 10.5 Å². The van der Waals surface area contributed by atoms with Crippen LogP contribution in [-0.2, 0) is 10.0 Å². The fourth-order valence-corrected chi connectivity index (χ4v) is 4.24. The molecule has 1 atom stereocenters. The summed E-state index contributed by atoms with van der Waals surface area (Å²) >= 11 is 3.00. The van der Waals surface area contributed by atoms with Gasteiger partial charge in [-0.15, -0.1) is 0 Å². The number of benzene rings is 1. The van der Waals surface area contributed by atoms with E-state index in [0.29, 0.717) is 6.42 Å². The number of sulfonamides is 1. The van der Waals surface area contributed by atoms with Crippen LogP contribution in [0.3, 0.4) is 0 Å². The highest BCUT2D eigenvalue weighted by Crippen LogP contribution is 2.27. The molecule has 1 rings (SSSR count). The number of hydrogen-bond donors (Lipinski definition) is 3. The molecule has 120 valence electrons. The molecule has 0 spiro atoms. The molecule has 0 saturated heterocycles. The molecule has 4 N–H and O–H groups in total. The van der Waals surface area contributed by atoms with Crippen molar-refractivity contribution in [2.24, 2.45) is 5.92 Å². The summed E-state index contributed by atoms with van der Waals surface area (Å²) in [5, 5.41) is 10.1. The van der Waals surface area contributed by atoms with Gasteiger partial charge in [-0.1, -0.05) is 13.8 Å². The minimum absolute atomic E-state index is 0.0743. The summed E-state index contributed by atoms with van der Waals surface area (Å²) in [6.07, 6.45) is 0.447. The Morgan fingerprint density at radius 1 is 1.48 bits per heavy atom. The summed E-state index contributed by atoms with van der Waals surface area (Å²) < 4.78 is 40.1. The van der Waals surface area contributed by atoms with Gasteiger partial charge in [0.05, 0.1) is 16.2 Å². The number of anilines is 1. The van der Waals surface area contributed by atoms with Crippen LogP contribution in [-0.4, -0.2) is 25.7 Å². The van der Waals surface area contributed by atoms with Crippen LogP contribution in [0.15, 0.2) is 21.5 Å². The minimum Gasteiger partial charge on any atom is -0.396 e. The molecule has 8 heteroatoms. The topological polar surface area (TPSA) is 92.4 Å². The summed E-state index contributed by atoms with van der Waals surface area (Å²) in [4.78, 5) is -0.165. The maximum atomic E-state index is 13.3. The quantitative estimate of drug-likeness (QED) is 0.657. The maximum absolute atomic E-state index is 13.3. The van der Waals surface area contributed by atoms with Crippen molar-refractivity contribution in [1.29, 1.82) is 0 Å². The van der Waals surface area contributed by atoms with Crippen molar-refractivity contribution in [1.82, 2.24) is 4.72 Å². The highest BCUT2D eigenvalue weighted by molar-refractivity contribution is 9.10. The van der Waals surface area contributed by atoms with Crippen molar-refractivity contribution in [2.75, 3.05) is 12.3 Å². The van der Waals surface area contributed by atoms with E-state index >= 15 is 0 Å². The first-order chi connectivity index (χ1) is 9.44. The average molecular weight is 383 g/mol. The van der Waals surface area contributed by atoms with Crippen LogP contribution in [0.5, 0.6) is 0 Å².